The highest BCUT2D eigenvalue weighted by molar-refractivity contribution is 5.90. The number of carbonyl (C=O) groups is 1. The summed E-state index contributed by atoms with van der Waals surface area (Å²) in [7, 11) is 0. The molecule has 3 rings (SSSR count). The lowest BCUT2D eigenvalue weighted by atomic mass is 10.0. The predicted octanol–water partition coefficient (Wildman–Crippen LogP) is 1.78. The van der Waals surface area contributed by atoms with E-state index >= 15 is 0 Å². The standard InChI is InChI=1S/C13H14N4O/c18-13(12-14-9-15-16-12)17-8-4-7-11(17)10-5-2-1-3-6-10/h1-3,5-6,9,11H,4,7-8H2,(H,14,15,16)/t11-/m0/s1. The quantitative estimate of drug-likeness (QED) is 0.873. The highest BCUT2D eigenvalue weighted by Crippen LogP contribution is 2.32. The molecule has 1 aromatic carbocycles. The van der Waals surface area contributed by atoms with E-state index in [4.69, 9.17) is 0 Å². The molecule has 1 aliphatic heterocycles. The van der Waals surface area contributed by atoms with E-state index in [9.17, 15) is 4.79 Å². The Labute approximate surface area is 105 Å². The molecular weight excluding hydrogens is 228 g/mol. The number of hydrogen-bond acceptors (Lipinski definition) is 3. The molecule has 2 aromatic rings. The Balaban J connectivity index is 1.86. The van der Waals surface area contributed by atoms with Gasteiger partial charge in [0.15, 0.2) is 0 Å². The number of amides is 1. The van der Waals surface area contributed by atoms with Crippen LogP contribution in [0.2, 0.25) is 0 Å². The van der Waals surface area contributed by atoms with Crippen LogP contribution in [-0.4, -0.2) is 32.5 Å². The van der Waals surface area contributed by atoms with Crippen LogP contribution in [-0.2, 0) is 0 Å². The number of aromatic amines is 1. The molecule has 1 fully saturated rings. The van der Waals surface area contributed by atoms with Crippen LogP contribution < -0.4 is 0 Å². The van der Waals surface area contributed by atoms with Crippen molar-refractivity contribution in [1.82, 2.24) is 20.1 Å². The summed E-state index contributed by atoms with van der Waals surface area (Å²) in [5.41, 5.74) is 1.18. The molecule has 5 nitrogen and oxygen atoms in total. The molecule has 0 unspecified atom stereocenters. The number of hydrogen-bond donors (Lipinski definition) is 1. The summed E-state index contributed by atoms with van der Waals surface area (Å²) in [4.78, 5) is 18.1. The van der Waals surface area contributed by atoms with Gasteiger partial charge in [-0.3, -0.25) is 9.89 Å². The van der Waals surface area contributed by atoms with Crippen LogP contribution in [0.1, 0.15) is 35.1 Å². The third-order valence-electron chi connectivity index (χ3n) is 3.32. The average molecular weight is 242 g/mol. The molecule has 5 heteroatoms. The van der Waals surface area contributed by atoms with E-state index in [1.54, 1.807) is 0 Å². The Bertz CT molecular complexity index is 523. The minimum atomic E-state index is -0.0705. The Kier molecular flexibility index (Phi) is 2.80. The minimum absolute atomic E-state index is 0.0705. The van der Waals surface area contributed by atoms with E-state index in [-0.39, 0.29) is 11.9 Å². The van der Waals surface area contributed by atoms with Gasteiger partial charge in [0.1, 0.15) is 6.33 Å². The zero-order valence-corrected chi connectivity index (χ0v) is 9.91. The zero-order chi connectivity index (χ0) is 12.4. The van der Waals surface area contributed by atoms with Crippen LogP contribution in [0.5, 0.6) is 0 Å². The first-order valence-corrected chi connectivity index (χ1v) is 6.07. The van der Waals surface area contributed by atoms with Crippen molar-refractivity contribution < 1.29 is 4.79 Å². The number of aromatic nitrogens is 3. The highest BCUT2D eigenvalue weighted by atomic mass is 16.2. The maximum absolute atomic E-state index is 12.3. The van der Waals surface area contributed by atoms with Crippen LogP contribution in [0.25, 0.3) is 0 Å². The van der Waals surface area contributed by atoms with Gasteiger partial charge < -0.3 is 4.90 Å². The Morgan fingerprint density at radius 2 is 2.17 bits per heavy atom. The maximum Gasteiger partial charge on any atom is 0.291 e. The second-order valence-corrected chi connectivity index (χ2v) is 4.40. The predicted molar refractivity (Wildman–Crippen MR) is 65.8 cm³/mol. The van der Waals surface area contributed by atoms with Gasteiger partial charge in [-0.2, -0.15) is 5.10 Å². The van der Waals surface area contributed by atoms with Gasteiger partial charge in [0, 0.05) is 6.54 Å². The van der Waals surface area contributed by atoms with Crippen molar-refractivity contribution in [2.45, 2.75) is 18.9 Å². The summed E-state index contributed by atoms with van der Waals surface area (Å²) in [5.74, 6) is 0.247. The fourth-order valence-corrected chi connectivity index (χ4v) is 2.48. The van der Waals surface area contributed by atoms with E-state index in [0.717, 1.165) is 19.4 Å². The average Bonchev–Trinajstić information content (AvgIpc) is 3.10. The summed E-state index contributed by atoms with van der Waals surface area (Å²) in [6.07, 6.45) is 3.39. The van der Waals surface area contributed by atoms with E-state index in [1.807, 2.05) is 23.1 Å². The molecule has 18 heavy (non-hydrogen) atoms. The SMILES string of the molecule is O=C(c1ncn[nH]1)N1CCC[C@H]1c1ccccc1. The third-order valence-corrected chi connectivity index (χ3v) is 3.32. The van der Waals surface area contributed by atoms with Gasteiger partial charge in [0.2, 0.25) is 5.82 Å². The molecule has 0 aliphatic carbocycles. The molecule has 0 bridgehead atoms. The van der Waals surface area contributed by atoms with Crippen LogP contribution in [0.4, 0.5) is 0 Å². The van der Waals surface area contributed by atoms with Crippen LogP contribution >= 0.6 is 0 Å². The van der Waals surface area contributed by atoms with Gasteiger partial charge in [-0.1, -0.05) is 30.3 Å². The van der Waals surface area contributed by atoms with Crippen LogP contribution in [0.3, 0.4) is 0 Å². The molecule has 1 N–H and O–H groups in total. The molecule has 1 aliphatic rings. The van der Waals surface area contributed by atoms with Gasteiger partial charge in [-0.05, 0) is 18.4 Å². The molecule has 0 spiro atoms. The molecule has 92 valence electrons. The van der Waals surface area contributed by atoms with Gasteiger partial charge in [0.25, 0.3) is 5.91 Å². The topological polar surface area (TPSA) is 61.9 Å². The fourth-order valence-electron chi connectivity index (χ4n) is 2.48. The third kappa shape index (κ3) is 1.88. The smallest absolute Gasteiger partial charge is 0.291 e. The van der Waals surface area contributed by atoms with Gasteiger partial charge in [-0.15, -0.1) is 0 Å². The Hall–Kier alpha value is -2.17. The monoisotopic (exact) mass is 242 g/mol. The Morgan fingerprint density at radius 3 is 2.89 bits per heavy atom. The van der Waals surface area contributed by atoms with Crippen molar-refractivity contribution in [2.75, 3.05) is 6.54 Å². The van der Waals surface area contributed by atoms with Crippen molar-refractivity contribution in [3.8, 4) is 0 Å². The van der Waals surface area contributed by atoms with Gasteiger partial charge >= 0.3 is 0 Å². The number of H-pyrrole nitrogens is 1. The molecular formula is C13H14N4O. The molecule has 2 heterocycles. The van der Waals surface area contributed by atoms with E-state index < -0.39 is 0 Å². The van der Waals surface area contributed by atoms with E-state index in [2.05, 4.69) is 27.3 Å². The van der Waals surface area contributed by atoms with Gasteiger partial charge in [-0.25, -0.2) is 4.98 Å². The number of nitrogens with zero attached hydrogens (tertiary/aromatic N) is 3. The summed E-state index contributed by atoms with van der Waals surface area (Å²) in [5, 5.41) is 6.36. The maximum atomic E-state index is 12.3. The number of rotatable bonds is 2. The van der Waals surface area contributed by atoms with E-state index in [0.29, 0.717) is 5.82 Å². The summed E-state index contributed by atoms with van der Waals surface area (Å²) >= 11 is 0. The summed E-state index contributed by atoms with van der Waals surface area (Å²) < 4.78 is 0. The lowest BCUT2D eigenvalue weighted by Gasteiger charge is -2.23. The van der Waals surface area contributed by atoms with Crippen molar-refractivity contribution in [1.29, 1.82) is 0 Å². The van der Waals surface area contributed by atoms with E-state index in [1.165, 1.54) is 11.9 Å². The summed E-state index contributed by atoms with van der Waals surface area (Å²) in [6, 6.07) is 10.3. The largest absolute Gasteiger partial charge is 0.329 e. The first-order valence-electron chi connectivity index (χ1n) is 6.07. The number of nitrogens with one attached hydrogen (secondary N) is 1. The van der Waals surface area contributed by atoms with Crippen molar-refractivity contribution in [2.24, 2.45) is 0 Å². The fraction of sp³-hybridized carbons (Fsp3) is 0.308. The first kappa shape index (κ1) is 11.0. The van der Waals surface area contributed by atoms with Crippen molar-refractivity contribution >= 4 is 5.91 Å². The van der Waals surface area contributed by atoms with Gasteiger partial charge in [0.05, 0.1) is 6.04 Å². The molecule has 0 saturated carbocycles. The van der Waals surface area contributed by atoms with Crippen molar-refractivity contribution in [3.63, 3.8) is 0 Å². The minimum Gasteiger partial charge on any atom is -0.329 e. The Morgan fingerprint density at radius 1 is 1.33 bits per heavy atom. The number of likely N-dealkylation sites (tertiary alicyclic amines) is 1. The number of benzene rings is 1. The second kappa shape index (κ2) is 4.60. The van der Waals surface area contributed by atoms with Crippen molar-refractivity contribution in [3.05, 3.63) is 48.0 Å². The molecule has 1 atom stereocenters. The second-order valence-electron chi connectivity index (χ2n) is 4.40. The number of carbonyl (C=O) groups excluding carboxylic acids is 1. The lowest BCUT2D eigenvalue weighted by molar-refractivity contribution is 0.0723. The van der Waals surface area contributed by atoms with Crippen LogP contribution in [0.15, 0.2) is 36.7 Å². The summed E-state index contributed by atoms with van der Waals surface area (Å²) in [6.45, 7) is 0.777. The molecule has 1 saturated heterocycles. The molecule has 1 aromatic heterocycles. The lowest BCUT2D eigenvalue weighted by Crippen LogP contribution is -2.31. The first-order chi connectivity index (χ1) is 8.86. The zero-order valence-electron chi connectivity index (χ0n) is 9.91. The van der Waals surface area contributed by atoms with Crippen LogP contribution in [0, 0.1) is 0 Å². The molecule has 0 radical (unpaired) electrons. The normalized spacial score (nSPS) is 19.1. The molecule has 1 amide bonds. The highest BCUT2D eigenvalue weighted by Gasteiger charge is 2.31.